The minimum absolute atomic E-state index is 0. The highest BCUT2D eigenvalue weighted by atomic mass is 35.5. The number of aromatic nitrogens is 2. The molecular weight excluding hydrogens is 280 g/mol. The molecule has 1 aromatic heterocycles. The van der Waals surface area contributed by atoms with Crippen molar-refractivity contribution < 1.29 is 9.32 Å². The number of hydrogen-bond donors (Lipinski definition) is 1. The Bertz CT molecular complexity index is 438. The first-order chi connectivity index (χ1) is 9.11. The minimum atomic E-state index is -0.381. The number of aryl methyl sites for hydroxylation is 1. The third kappa shape index (κ3) is 3.93. The van der Waals surface area contributed by atoms with Gasteiger partial charge in [0.05, 0.1) is 12.0 Å². The van der Waals surface area contributed by atoms with E-state index in [9.17, 15) is 4.79 Å². The quantitative estimate of drug-likeness (QED) is 0.913. The normalized spacial score (nSPS) is 20.4. The lowest BCUT2D eigenvalue weighted by molar-refractivity contribution is -0.134. The van der Waals surface area contributed by atoms with E-state index in [0.29, 0.717) is 18.3 Å². The van der Waals surface area contributed by atoms with Gasteiger partial charge in [-0.2, -0.15) is 4.98 Å². The molecule has 2 atom stereocenters. The van der Waals surface area contributed by atoms with Crippen LogP contribution in [0, 0.1) is 6.92 Å². The fourth-order valence-electron chi connectivity index (χ4n) is 2.53. The van der Waals surface area contributed by atoms with Crippen LogP contribution in [0.1, 0.15) is 50.2 Å². The molecule has 114 valence electrons. The van der Waals surface area contributed by atoms with E-state index in [1.54, 1.807) is 6.92 Å². The first-order valence-corrected chi connectivity index (χ1v) is 6.96. The van der Waals surface area contributed by atoms with Crippen LogP contribution in [0.2, 0.25) is 0 Å². The van der Waals surface area contributed by atoms with Crippen molar-refractivity contribution in [3.05, 3.63) is 11.7 Å². The molecule has 6 nitrogen and oxygen atoms in total. The number of piperidine rings is 1. The smallest absolute Gasteiger partial charge is 0.239 e. The van der Waals surface area contributed by atoms with Gasteiger partial charge in [0.2, 0.25) is 11.8 Å². The summed E-state index contributed by atoms with van der Waals surface area (Å²) in [4.78, 5) is 18.3. The maximum atomic E-state index is 12.2. The standard InChI is InChI=1S/C13H22N4O2.ClH/c1-3-5-11(14)13(18)17-7-4-6-10(8-17)12-15-9(2)16-19-12;/h10-11H,3-8,14H2,1-2H3;1H. The molecule has 1 amide bonds. The zero-order chi connectivity index (χ0) is 13.8. The van der Waals surface area contributed by atoms with Gasteiger partial charge in [0.25, 0.3) is 0 Å². The number of hydrogen-bond acceptors (Lipinski definition) is 5. The van der Waals surface area contributed by atoms with Gasteiger partial charge >= 0.3 is 0 Å². The van der Waals surface area contributed by atoms with Crippen LogP contribution in [0.25, 0.3) is 0 Å². The number of rotatable bonds is 4. The highest BCUT2D eigenvalue weighted by molar-refractivity contribution is 5.85. The molecule has 0 bridgehead atoms. The summed E-state index contributed by atoms with van der Waals surface area (Å²) in [5.74, 6) is 1.47. The molecule has 1 aliphatic heterocycles. The minimum Gasteiger partial charge on any atom is -0.341 e. The molecule has 2 heterocycles. The number of nitrogens with two attached hydrogens (primary N) is 1. The highest BCUT2D eigenvalue weighted by Crippen LogP contribution is 2.26. The average Bonchev–Trinajstić information content (AvgIpc) is 2.85. The Kier molecular flexibility index (Phi) is 6.42. The zero-order valence-corrected chi connectivity index (χ0v) is 12.9. The van der Waals surface area contributed by atoms with Crippen LogP contribution in [0.15, 0.2) is 4.52 Å². The summed E-state index contributed by atoms with van der Waals surface area (Å²) in [5, 5.41) is 3.81. The molecule has 7 heteroatoms. The zero-order valence-electron chi connectivity index (χ0n) is 12.0. The monoisotopic (exact) mass is 302 g/mol. The Balaban J connectivity index is 0.00000200. The average molecular weight is 303 g/mol. The number of likely N-dealkylation sites (tertiary alicyclic amines) is 1. The number of carbonyl (C=O) groups is 1. The van der Waals surface area contributed by atoms with Gasteiger partial charge in [0.1, 0.15) is 0 Å². The molecule has 2 N–H and O–H groups in total. The Morgan fingerprint density at radius 3 is 2.95 bits per heavy atom. The molecule has 1 aliphatic rings. The maximum Gasteiger partial charge on any atom is 0.239 e. The lowest BCUT2D eigenvalue weighted by Gasteiger charge is -2.32. The summed E-state index contributed by atoms with van der Waals surface area (Å²) in [6.45, 7) is 5.25. The van der Waals surface area contributed by atoms with Crippen molar-refractivity contribution in [2.24, 2.45) is 5.73 Å². The van der Waals surface area contributed by atoms with Gasteiger partial charge in [0, 0.05) is 13.1 Å². The number of nitrogens with zero attached hydrogens (tertiary/aromatic N) is 3. The molecule has 0 aromatic carbocycles. The van der Waals surface area contributed by atoms with Crippen molar-refractivity contribution in [1.29, 1.82) is 0 Å². The first kappa shape index (κ1) is 16.9. The number of carbonyl (C=O) groups excluding carboxylic acids is 1. The molecule has 0 spiro atoms. The second kappa shape index (κ2) is 7.59. The van der Waals surface area contributed by atoms with E-state index >= 15 is 0 Å². The van der Waals surface area contributed by atoms with Crippen molar-refractivity contribution >= 4 is 18.3 Å². The second-order valence-corrected chi connectivity index (χ2v) is 5.20. The lowest BCUT2D eigenvalue weighted by Crippen LogP contribution is -2.47. The highest BCUT2D eigenvalue weighted by Gasteiger charge is 2.30. The van der Waals surface area contributed by atoms with Crippen LogP contribution >= 0.6 is 12.4 Å². The van der Waals surface area contributed by atoms with Gasteiger partial charge in [0.15, 0.2) is 5.82 Å². The van der Waals surface area contributed by atoms with E-state index in [1.165, 1.54) is 0 Å². The van der Waals surface area contributed by atoms with Crippen LogP contribution in [0.4, 0.5) is 0 Å². The van der Waals surface area contributed by atoms with E-state index in [-0.39, 0.29) is 30.3 Å². The molecule has 0 radical (unpaired) electrons. The van der Waals surface area contributed by atoms with Crippen molar-refractivity contribution in [3.63, 3.8) is 0 Å². The Morgan fingerprint density at radius 2 is 2.35 bits per heavy atom. The van der Waals surface area contributed by atoms with Crippen molar-refractivity contribution in [3.8, 4) is 0 Å². The first-order valence-electron chi connectivity index (χ1n) is 6.96. The molecule has 20 heavy (non-hydrogen) atoms. The van der Waals surface area contributed by atoms with E-state index in [1.807, 2.05) is 11.8 Å². The van der Waals surface area contributed by atoms with Gasteiger partial charge in [-0.15, -0.1) is 12.4 Å². The molecule has 1 fully saturated rings. The van der Waals surface area contributed by atoms with Gasteiger partial charge < -0.3 is 15.2 Å². The van der Waals surface area contributed by atoms with Crippen molar-refractivity contribution in [1.82, 2.24) is 15.0 Å². The van der Waals surface area contributed by atoms with Gasteiger partial charge in [-0.3, -0.25) is 4.79 Å². The fraction of sp³-hybridized carbons (Fsp3) is 0.769. The largest absolute Gasteiger partial charge is 0.341 e. The number of amides is 1. The molecule has 2 rings (SSSR count). The topological polar surface area (TPSA) is 85.3 Å². The van der Waals surface area contributed by atoms with E-state index in [2.05, 4.69) is 10.1 Å². The molecular formula is C13H23ClN4O2. The lowest BCUT2D eigenvalue weighted by atomic mass is 9.97. The molecule has 0 saturated carbocycles. The predicted molar refractivity (Wildman–Crippen MR) is 77.7 cm³/mol. The molecule has 2 unspecified atom stereocenters. The summed E-state index contributed by atoms with van der Waals surface area (Å²) in [7, 11) is 0. The summed E-state index contributed by atoms with van der Waals surface area (Å²) < 4.78 is 5.21. The summed E-state index contributed by atoms with van der Waals surface area (Å²) in [5.41, 5.74) is 5.90. The third-order valence-corrected chi connectivity index (χ3v) is 3.54. The SMILES string of the molecule is CCCC(N)C(=O)N1CCCC(c2nc(C)no2)C1.Cl. The van der Waals surface area contributed by atoms with Crippen LogP contribution < -0.4 is 5.73 Å². The summed E-state index contributed by atoms with van der Waals surface area (Å²) in [6.07, 6.45) is 3.60. The third-order valence-electron chi connectivity index (χ3n) is 3.54. The Labute approximate surface area is 125 Å². The summed E-state index contributed by atoms with van der Waals surface area (Å²) >= 11 is 0. The van der Waals surface area contributed by atoms with E-state index in [0.717, 1.165) is 32.2 Å². The molecule has 1 saturated heterocycles. The molecule has 1 aromatic rings. The fourth-order valence-corrected chi connectivity index (χ4v) is 2.53. The van der Waals surface area contributed by atoms with Crippen LogP contribution in [-0.2, 0) is 4.79 Å². The van der Waals surface area contributed by atoms with Crippen molar-refractivity contribution in [2.75, 3.05) is 13.1 Å². The van der Waals surface area contributed by atoms with Crippen LogP contribution in [0.3, 0.4) is 0 Å². The second-order valence-electron chi connectivity index (χ2n) is 5.20. The Hall–Kier alpha value is -1.14. The van der Waals surface area contributed by atoms with E-state index < -0.39 is 0 Å². The van der Waals surface area contributed by atoms with Gasteiger partial charge in [-0.05, 0) is 26.2 Å². The predicted octanol–water partition coefficient (Wildman–Crippen LogP) is 1.63. The maximum absolute atomic E-state index is 12.2. The van der Waals surface area contributed by atoms with Gasteiger partial charge in [-0.25, -0.2) is 0 Å². The molecule has 0 aliphatic carbocycles. The number of halogens is 1. The van der Waals surface area contributed by atoms with Crippen LogP contribution in [-0.4, -0.2) is 40.1 Å². The van der Waals surface area contributed by atoms with Crippen molar-refractivity contribution in [2.45, 2.75) is 51.5 Å². The van der Waals surface area contributed by atoms with E-state index in [4.69, 9.17) is 10.3 Å². The Morgan fingerprint density at radius 1 is 1.60 bits per heavy atom. The summed E-state index contributed by atoms with van der Waals surface area (Å²) in [6, 6.07) is -0.381. The van der Waals surface area contributed by atoms with Crippen LogP contribution in [0.5, 0.6) is 0 Å². The van der Waals surface area contributed by atoms with Gasteiger partial charge in [-0.1, -0.05) is 18.5 Å².